The van der Waals surface area contributed by atoms with E-state index in [1.165, 1.54) is 4.57 Å². The Labute approximate surface area is 236 Å². The van der Waals surface area contributed by atoms with Gasteiger partial charge in [-0.05, 0) is 67.6 Å². The number of nitrogens with one attached hydrogen (secondary N) is 2. The highest BCUT2D eigenvalue weighted by atomic mass is 16.7. The maximum Gasteiger partial charge on any atom is 0.331 e. The molecule has 10 heteroatoms. The molecule has 4 aromatic rings. The number of aryl methyl sites for hydroxylation is 2. The molecule has 0 unspecified atom stereocenters. The monoisotopic (exact) mass is 556 g/mol. The van der Waals surface area contributed by atoms with E-state index < -0.39 is 11.2 Å². The van der Waals surface area contributed by atoms with Gasteiger partial charge in [-0.15, -0.1) is 0 Å². The molecule has 41 heavy (non-hydrogen) atoms. The second kappa shape index (κ2) is 12.1. The zero-order valence-electron chi connectivity index (χ0n) is 23.1. The summed E-state index contributed by atoms with van der Waals surface area (Å²) in [5, 5.41) is 6.15. The third-order valence-corrected chi connectivity index (χ3v) is 7.14. The van der Waals surface area contributed by atoms with Gasteiger partial charge >= 0.3 is 5.69 Å². The fourth-order valence-electron chi connectivity index (χ4n) is 4.95. The van der Waals surface area contributed by atoms with Crippen LogP contribution < -0.4 is 31.4 Å². The number of amides is 2. The summed E-state index contributed by atoms with van der Waals surface area (Å²) in [7, 11) is 0. The Hall–Kier alpha value is -4.86. The molecule has 5 rings (SSSR count). The lowest BCUT2D eigenvalue weighted by molar-refractivity contribution is -0.121. The summed E-state index contributed by atoms with van der Waals surface area (Å²) in [6, 6.07) is 18.0. The predicted octanol–water partition coefficient (Wildman–Crippen LogP) is 3.63. The number of fused-ring (bicyclic) bond motifs is 2. The summed E-state index contributed by atoms with van der Waals surface area (Å²) in [6.45, 7) is 4.25. The molecule has 0 saturated carbocycles. The van der Waals surface area contributed by atoms with Gasteiger partial charge in [-0.2, -0.15) is 0 Å². The molecular formula is C31H32N4O6. The highest BCUT2D eigenvalue weighted by Crippen LogP contribution is 2.32. The van der Waals surface area contributed by atoms with Crippen LogP contribution >= 0.6 is 0 Å². The smallest absolute Gasteiger partial charge is 0.331 e. The van der Waals surface area contributed by atoms with Crippen molar-refractivity contribution < 1.29 is 19.1 Å². The van der Waals surface area contributed by atoms with Crippen molar-refractivity contribution in [1.82, 2.24) is 14.5 Å². The van der Waals surface area contributed by atoms with Gasteiger partial charge in [0.05, 0.1) is 10.9 Å². The molecule has 212 valence electrons. The number of hydrogen-bond acceptors (Lipinski definition) is 6. The lowest BCUT2D eigenvalue weighted by Crippen LogP contribution is -2.41. The van der Waals surface area contributed by atoms with Gasteiger partial charge in [0.1, 0.15) is 6.54 Å². The standard InChI is InChI=1S/C31H32N4O6/c1-20-8-7-9-21(2)29(20)33-28(37)18-35-24-11-4-3-10-23(24)30(38)34(31(35)39)15-6-5-12-27(36)32-17-22-13-14-25-26(16-22)41-19-40-25/h3-4,7-11,13-14,16H,5-6,12,15,17-19H2,1-2H3,(H,32,36)(H,33,37). The molecule has 2 N–H and O–H groups in total. The van der Waals surface area contributed by atoms with Crippen LogP contribution in [0.15, 0.2) is 70.3 Å². The Kier molecular flexibility index (Phi) is 8.19. The number of unbranched alkanes of at least 4 members (excludes halogenated alkanes) is 1. The lowest BCUT2D eigenvalue weighted by atomic mass is 10.1. The van der Waals surface area contributed by atoms with Crippen LogP contribution in [0, 0.1) is 13.8 Å². The topological polar surface area (TPSA) is 121 Å². The molecule has 0 radical (unpaired) electrons. The van der Waals surface area contributed by atoms with E-state index in [2.05, 4.69) is 10.6 Å². The van der Waals surface area contributed by atoms with Gasteiger partial charge in [0.15, 0.2) is 11.5 Å². The Balaban J connectivity index is 1.23. The molecule has 2 heterocycles. The molecule has 2 amide bonds. The second-order valence-electron chi connectivity index (χ2n) is 10.1. The summed E-state index contributed by atoms with van der Waals surface area (Å²) in [5.41, 5.74) is 2.87. The maximum absolute atomic E-state index is 13.4. The van der Waals surface area contributed by atoms with Crippen LogP contribution in [-0.2, 0) is 29.2 Å². The van der Waals surface area contributed by atoms with Crippen molar-refractivity contribution in [3.8, 4) is 11.5 Å². The number of carbonyl (C=O) groups is 2. The molecule has 0 fully saturated rings. The quantitative estimate of drug-likeness (QED) is 0.288. The molecule has 3 aromatic carbocycles. The van der Waals surface area contributed by atoms with Crippen molar-refractivity contribution >= 4 is 28.4 Å². The van der Waals surface area contributed by atoms with E-state index in [4.69, 9.17) is 9.47 Å². The van der Waals surface area contributed by atoms with Crippen molar-refractivity contribution in [2.75, 3.05) is 12.1 Å². The Morgan fingerprint density at radius 1 is 0.854 bits per heavy atom. The van der Waals surface area contributed by atoms with E-state index >= 15 is 0 Å². The molecule has 1 aliphatic heterocycles. The molecule has 0 saturated heterocycles. The summed E-state index contributed by atoms with van der Waals surface area (Å²) in [6.07, 6.45) is 1.18. The van der Waals surface area contributed by atoms with Crippen LogP contribution in [0.2, 0.25) is 0 Å². The van der Waals surface area contributed by atoms with Crippen LogP contribution in [0.3, 0.4) is 0 Å². The number of benzene rings is 3. The van der Waals surface area contributed by atoms with Gasteiger partial charge < -0.3 is 20.1 Å². The molecule has 0 bridgehead atoms. The van der Waals surface area contributed by atoms with Crippen molar-refractivity contribution in [2.24, 2.45) is 0 Å². The van der Waals surface area contributed by atoms with Gasteiger partial charge in [0.2, 0.25) is 18.6 Å². The fourth-order valence-corrected chi connectivity index (χ4v) is 4.95. The first-order chi connectivity index (χ1) is 19.8. The number of carbonyl (C=O) groups excluding carboxylic acids is 2. The minimum Gasteiger partial charge on any atom is -0.454 e. The summed E-state index contributed by atoms with van der Waals surface area (Å²) in [5.74, 6) is 0.851. The average Bonchev–Trinajstić information content (AvgIpc) is 3.44. The fraction of sp³-hybridized carbons (Fsp3) is 0.290. The van der Waals surface area contributed by atoms with Crippen LogP contribution in [-0.4, -0.2) is 27.7 Å². The molecule has 1 aliphatic rings. The zero-order valence-corrected chi connectivity index (χ0v) is 23.1. The third-order valence-electron chi connectivity index (χ3n) is 7.14. The highest BCUT2D eigenvalue weighted by molar-refractivity contribution is 5.93. The SMILES string of the molecule is Cc1cccc(C)c1NC(=O)Cn1c(=O)n(CCCCC(=O)NCc2ccc3c(c2)OCO3)c(=O)c2ccccc21. The normalized spacial score (nSPS) is 12.0. The number of para-hydroxylation sites is 2. The summed E-state index contributed by atoms with van der Waals surface area (Å²) >= 11 is 0. The Bertz CT molecular complexity index is 1720. The van der Waals surface area contributed by atoms with E-state index in [1.807, 2.05) is 50.2 Å². The first-order valence-electron chi connectivity index (χ1n) is 13.6. The van der Waals surface area contributed by atoms with E-state index in [-0.39, 0.29) is 38.1 Å². The van der Waals surface area contributed by atoms with E-state index in [0.29, 0.717) is 47.5 Å². The van der Waals surface area contributed by atoms with Gasteiger partial charge in [-0.3, -0.25) is 23.5 Å². The van der Waals surface area contributed by atoms with Gasteiger partial charge in [-0.25, -0.2) is 4.79 Å². The van der Waals surface area contributed by atoms with Crippen LogP contribution in [0.5, 0.6) is 11.5 Å². The molecule has 0 aliphatic carbocycles. The number of hydrogen-bond donors (Lipinski definition) is 2. The number of nitrogens with zero attached hydrogens (tertiary/aromatic N) is 2. The van der Waals surface area contributed by atoms with Crippen LogP contribution in [0.25, 0.3) is 10.9 Å². The van der Waals surface area contributed by atoms with Crippen molar-refractivity contribution in [3.05, 3.63) is 98.2 Å². The van der Waals surface area contributed by atoms with Crippen LogP contribution in [0.4, 0.5) is 5.69 Å². The Morgan fingerprint density at radius 3 is 2.41 bits per heavy atom. The number of ether oxygens (including phenoxy) is 2. The minimum absolute atomic E-state index is 0.130. The average molecular weight is 557 g/mol. The largest absolute Gasteiger partial charge is 0.454 e. The van der Waals surface area contributed by atoms with Gasteiger partial charge in [-0.1, -0.05) is 36.4 Å². The first kappa shape index (κ1) is 27.7. The molecule has 0 spiro atoms. The van der Waals surface area contributed by atoms with Crippen LogP contribution in [0.1, 0.15) is 36.0 Å². The second-order valence-corrected chi connectivity index (χ2v) is 10.1. The van der Waals surface area contributed by atoms with E-state index in [9.17, 15) is 19.2 Å². The van der Waals surface area contributed by atoms with Crippen molar-refractivity contribution in [1.29, 1.82) is 0 Å². The summed E-state index contributed by atoms with van der Waals surface area (Å²) < 4.78 is 13.2. The summed E-state index contributed by atoms with van der Waals surface area (Å²) in [4.78, 5) is 52.0. The predicted molar refractivity (Wildman–Crippen MR) is 155 cm³/mol. The number of aromatic nitrogens is 2. The zero-order chi connectivity index (χ0) is 28.9. The molecular weight excluding hydrogens is 524 g/mol. The van der Waals surface area contributed by atoms with Crippen molar-refractivity contribution in [3.63, 3.8) is 0 Å². The van der Waals surface area contributed by atoms with Crippen molar-refractivity contribution in [2.45, 2.75) is 52.7 Å². The third kappa shape index (κ3) is 6.16. The number of rotatable bonds is 10. The van der Waals surface area contributed by atoms with E-state index in [1.54, 1.807) is 24.3 Å². The highest BCUT2D eigenvalue weighted by Gasteiger charge is 2.17. The molecule has 0 atom stereocenters. The van der Waals surface area contributed by atoms with E-state index in [0.717, 1.165) is 21.3 Å². The first-order valence-corrected chi connectivity index (χ1v) is 13.6. The number of anilines is 1. The Morgan fingerprint density at radius 2 is 1.61 bits per heavy atom. The lowest BCUT2D eigenvalue weighted by Gasteiger charge is -2.15. The van der Waals surface area contributed by atoms with Gasteiger partial charge in [0.25, 0.3) is 5.56 Å². The minimum atomic E-state index is -0.558. The maximum atomic E-state index is 13.4. The van der Waals surface area contributed by atoms with Gasteiger partial charge in [0, 0.05) is 25.2 Å². The molecule has 1 aromatic heterocycles. The molecule has 10 nitrogen and oxygen atoms in total.